The van der Waals surface area contributed by atoms with E-state index in [0.717, 1.165) is 5.56 Å². The molecule has 0 aromatic heterocycles. The highest BCUT2D eigenvalue weighted by atomic mass is 79.9. The molecule has 1 fully saturated rings. The van der Waals surface area contributed by atoms with E-state index in [1.54, 1.807) is 25.3 Å². The summed E-state index contributed by atoms with van der Waals surface area (Å²) in [5.74, 6) is -0.268. The average Bonchev–Trinajstić information content (AvgIpc) is 2.89. The molecule has 0 saturated carbocycles. The lowest BCUT2D eigenvalue weighted by atomic mass is 10.1. The lowest BCUT2D eigenvalue weighted by Crippen LogP contribution is -2.64. The Morgan fingerprint density at radius 3 is 2.62 bits per heavy atom. The Morgan fingerprint density at radius 2 is 2.00 bits per heavy atom. The number of rotatable bonds is 4. The second kappa shape index (κ2) is 6.57. The topological polar surface area (TPSA) is 56.2 Å². The van der Waals surface area contributed by atoms with Gasteiger partial charge in [0.05, 0.1) is 0 Å². The van der Waals surface area contributed by atoms with Crippen molar-refractivity contribution in [2.45, 2.75) is 18.8 Å². The van der Waals surface area contributed by atoms with Crippen LogP contribution in [0.1, 0.15) is 5.56 Å². The molecule has 1 aromatic carbocycles. The van der Waals surface area contributed by atoms with Gasteiger partial charge in [0.1, 0.15) is 0 Å². The summed E-state index contributed by atoms with van der Waals surface area (Å²) in [5, 5.41) is 0.655. The molecule has 1 saturated heterocycles. The van der Waals surface area contributed by atoms with Crippen LogP contribution in [0.3, 0.4) is 0 Å². The van der Waals surface area contributed by atoms with Crippen LogP contribution in [0.4, 0.5) is 4.79 Å². The number of amidine groups is 1. The van der Waals surface area contributed by atoms with Gasteiger partial charge in [-0.2, -0.15) is 0 Å². The van der Waals surface area contributed by atoms with Crippen molar-refractivity contribution in [3.8, 4) is 0 Å². The van der Waals surface area contributed by atoms with E-state index in [-0.39, 0.29) is 18.5 Å². The highest BCUT2D eigenvalue weighted by Gasteiger charge is 2.51. The minimum Gasteiger partial charge on any atom is -0.331 e. The number of aliphatic imine (C=N–C) groups is 1. The molecule has 2 heterocycles. The van der Waals surface area contributed by atoms with E-state index in [1.807, 2.05) is 17.0 Å². The summed E-state index contributed by atoms with van der Waals surface area (Å²) in [5.41, 5.74) is 0.995. The molecular weight excluding hydrogens is 396 g/mol. The zero-order valence-electron chi connectivity index (χ0n) is 13.0. The highest BCUT2D eigenvalue weighted by molar-refractivity contribution is 9.18. The summed E-state index contributed by atoms with van der Waals surface area (Å²) in [6.07, 6.45) is 1.01. The number of fused-ring (bicyclic) bond motifs is 1. The van der Waals surface area contributed by atoms with Crippen LogP contribution in [-0.2, 0) is 11.3 Å². The zero-order valence-corrected chi connectivity index (χ0v) is 15.4. The van der Waals surface area contributed by atoms with Crippen LogP contribution in [0, 0.1) is 0 Å². The quantitative estimate of drug-likeness (QED) is 0.565. The standard InChI is InChI=1S/C16H16BrClN4O2/c1-3-8-21-14(23)12-13(20(2)16(21)24)19-15(17)22(12)9-10-4-6-11(18)7-5-10/h3-7,12-13H,1,8-9H2,2H3. The summed E-state index contributed by atoms with van der Waals surface area (Å²) in [7, 11) is 1.65. The van der Waals surface area contributed by atoms with Crippen molar-refractivity contribution in [3.63, 3.8) is 0 Å². The van der Waals surface area contributed by atoms with Crippen LogP contribution in [0.5, 0.6) is 0 Å². The van der Waals surface area contributed by atoms with Gasteiger partial charge in [0.25, 0.3) is 5.91 Å². The van der Waals surface area contributed by atoms with Gasteiger partial charge < -0.3 is 9.80 Å². The Bertz CT molecular complexity index is 721. The maximum absolute atomic E-state index is 12.8. The van der Waals surface area contributed by atoms with Gasteiger partial charge in [0, 0.05) is 25.2 Å². The second-order valence-corrected chi connectivity index (χ2v) is 6.79. The third kappa shape index (κ3) is 2.82. The number of hydrogen-bond donors (Lipinski definition) is 0. The summed E-state index contributed by atoms with van der Waals surface area (Å²) < 4.78 is 0.556. The van der Waals surface area contributed by atoms with Gasteiger partial charge in [0.2, 0.25) is 0 Å². The maximum Gasteiger partial charge on any atom is 0.328 e. The fourth-order valence-corrected chi connectivity index (χ4v) is 3.58. The first kappa shape index (κ1) is 17.0. The smallest absolute Gasteiger partial charge is 0.328 e. The molecular formula is C16H16BrClN4O2. The fraction of sp³-hybridized carbons (Fsp3) is 0.312. The molecule has 8 heteroatoms. The molecule has 126 valence electrons. The Hall–Kier alpha value is -1.86. The Balaban J connectivity index is 1.89. The largest absolute Gasteiger partial charge is 0.331 e. The number of carbonyl (C=O) groups excluding carboxylic acids is 2. The van der Waals surface area contributed by atoms with Gasteiger partial charge in [-0.1, -0.05) is 29.8 Å². The molecule has 1 aromatic rings. The van der Waals surface area contributed by atoms with Gasteiger partial charge >= 0.3 is 6.03 Å². The van der Waals surface area contributed by atoms with Crippen molar-refractivity contribution in [3.05, 3.63) is 47.5 Å². The molecule has 24 heavy (non-hydrogen) atoms. The minimum absolute atomic E-state index is 0.178. The maximum atomic E-state index is 12.8. The molecule has 6 nitrogen and oxygen atoms in total. The number of likely N-dealkylation sites (N-methyl/N-ethyl adjacent to an activating group) is 1. The first-order valence-electron chi connectivity index (χ1n) is 7.37. The van der Waals surface area contributed by atoms with Crippen molar-refractivity contribution in [2.24, 2.45) is 4.99 Å². The third-order valence-corrected chi connectivity index (χ3v) is 5.03. The molecule has 3 amide bonds. The van der Waals surface area contributed by atoms with E-state index in [2.05, 4.69) is 27.5 Å². The number of urea groups is 1. The normalized spacial score (nSPS) is 23.5. The monoisotopic (exact) mass is 410 g/mol. The molecule has 0 N–H and O–H groups in total. The molecule has 2 unspecified atom stereocenters. The van der Waals surface area contributed by atoms with Crippen LogP contribution in [-0.4, -0.2) is 57.2 Å². The van der Waals surface area contributed by atoms with Crippen molar-refractivity contribution in [1.29, 1.82) is 0 Å². The molecule has 2 atom stereocenters. The molecule has 3 rings (SSSR count). The summed E-state index contributed by atoms with van der Waals surface area (Å²) in [6, 6.07) is 6.49. The summed E-state index contributed by atoms with van der Waals surface area (Å²) in [6.45, 7) is 4.28. The first-order valence-corrected chi connectivity index (χ1v) is 8.54. The van der Waals surface area contributed by atoms with Crippen molar-refractivity contribution < 1.29 is 9.59 Å². The first-order chi connectivity index (χ1) is 11.4. The molecule has 2 aliphatic rings. The van der Waals surface area contributed by atoms with Gasteiger partial charge in [-0.25, -0.2) is 9.79 Å². The number of nitrogens with zero attached hydrogens (tertiary/aromatic N) is 4. The summed E-state index contributed by atoms with van der Waals surface area (Å²) >= 11 is 9.34. The molecule has 2 aliphatic heterocycles. The number of benzene rings is 1. The number of imide groups is 1. The van der Waals surface area contributed by atoms with Crippen LogP contribution >= 0.6 is 27.5 Å². The number of hydrogen-bond acceptors (Lipinski definition) is 4. The molecule has 0 spiro atoms. The lowest BCUT2D eigenvalue weighted by Gasteiger charge is -2.40. The number of carbonyl (C=O) groups is 2. The van der Waals surface area contributed by atoms with Gasteiger partial charge in [-0.05, 0) is 33.6 Å². The average molecular weight is 412 g/mol. The predicted octanol–water partition coefficient (Wildman–Crippen LogP) is 2.68. The van der Waals surface area contributed by atoms with E-state index in [1.165, 1.54) is 9.80 Å². The predicted molar refractivity (Wildman–Crippen MR) is 96.0 cm³/mol. The number of halogens is 2. The van der Waals surface area contributed by atoms with E-state index >= 15 is 0 Å². The Morgan fingerprint density at radius 1 is 1.33 bits per heavy atom. The highest BCUT2D eigenvalue weighted by Crippen LogP contribution is 2.30. The molecule has 0 bridgehead atoms. The van der Waals surface area contributed by atoms with Crippen LogP contribution in [0.15, 0.2) is 41.9 Å². The Kier molecular flexibility index (Phi) is 4.64. The van der Waals surface area contributed by atoms with Crippen molar-refractivity contribution in [2.75, 3.05) is 13.6 Å². The van der Waals surface area contributed by atoms with E-state index in [4.69, 9.17) is 11.6 Å². The van der Waals surface area contributed by atoms with Crippen molar-refractivity contribution in [1.82, 2.24) is 14.7 Å². The SMILES string of the molecule is C=CCN1C(=O)C2C(N=C(Br)N2Cc2ccc(Cl)cc2)N(C)C1=O. The molecule has 0 radical (unpaired) electrons. The second-order valence-electron chi connectivity index (χ2n) is 5.64. The summed E-state index contributed by atoms with van der Waals surface area (Å²) in [4.78, 5) is 34.2. The lowest BCUT2D eigenvalue weighted by molar-refractivity contribution is -0.137. The van der Waals surface area contributed by atoms with Crippen LogP contribution in [0.25, 0.3) is 0 Å². The van der Waals surface area contributed by atoms with E-state index in [0.29, 0.717) is 16.3 Å². The molecule has 0 aliphatic carbocycles. The van der Waals surface area contributed by atoms with E-state index < -0.39 is 12.2 Å². The minimum atomic E-state index is -0.558. The van der Waals surface area contributed by atoms with Crippen LogP contribution < -0.4 is 0 Å². The van der Waals surface area contributed by atoms with Gasteiger partial charge in [0.15, 0.2) is 17.0 Å². The Labute approximate surface area is 153 Å². The zero-order chi connectivity index (χ0) is 17.4. The van der Waals surface area contributed by atoms with E-state index in [9.17, 15) is 9.59 Å². The van der Waals surface area contributed by atoms with Crippen LogP contribution in [0.2, 0.25) is 5.02 Å². The number of amides is 3. The fourth-order valence-electron chi connectivity index (χ4n) is 2.89. The van der Waals surface area contributed by atoms with Crippen molar-refractivity contribution >= 4 is 44.2 Å². The van der Waals surface area contributed by atoms with Gasteiger partial charge in [-0.15, -0.1) is 6.58 Å². The third-order valence-electron chi connectivity index (χ3n) is 4.12. The van der Waals surface area contributed by atoms with Gasteiger partial charge in [-0.3, -0.25) is 9.69 Å².